The third-order valence-electron chi connectivity index (χ3n) is 5.25. The van der Waals surface area contributed by atoms with E-state index in [9.17, 15) is 10.2 Å². The molecule has 0 bridgehead atoms. The van der Waals surface area contributed by atoms with Gasteiger partial charge in [0.2, 0.25) is 11.8 Å². The summed E-state index contributed by atoms with van der Waals surface area (Å²) in [5, 5.41) is 18.9. The molecular formula is C29H21NO4. The number of aromatic nitrogens is 1. The van der Waals surface area contributed by atoms with Crippen LogP contribution in [0.2, 0.25) is 0 Å². The maximum Gasteiger partial charge on any atom is 0.222 e. The molecular weight excluding hydrogens is 426 g/mol. The largest absolute Gasteiger partial charge is 0.508 e. The second-order valence-corrected chi connectivity index (χ2v) is 7.66. The van der Waals surface area contributed by atoms with Crippen molar-refractivity contribution in [3.8, 4) is 57.0 Å². The average molecular weight is 447 g/mol. The van der Waals surface area contributed by atoms with Crippen LogP contribution in [0, 0.1) is 0 Å². The van der Waals surface area contributed by atoms with E-state index in [1.165, 1.54) is 0 Å². The lowest BCUT2D eigenvalue weighted by atomic mass is 10.1. The Balaban J connectivity index is 1.25. The van der Waals surface area contributed by atoms with Crippen LogP contribution in [0.1, 0.15) is 0 Å². The molecule has 0 amide bonds. The van der Waals surface area contributed by atoms with Gasteiger partial charge in [0.15, 0.2) is 0 Å². The van der Waals surface area contributed by atoms with Crippen molar-refractivity contribution in [2.75, 3.05) is 0 Å². The zero-order valence-electron chi connectivity index (χ0n) is 18.1. The minimum Gasteiger partial charge on any atom is -0.508 e. The number of ether oxygens (including phenoxy) is 2. The van der Waals surface area contributed by atoms with Crippen LogP contribution in [0.3, 0.4) is 0 Å². The summed E-state index contributed by atoms with van der Waals surface area (Å²) in [5.41, 5.74) is 4.06. The molecule has 0 radical (unpaired) electrons. The maximum atomic E-state index is 9.45. The van der Waals surface area contributed by atoms with Gasteiger partial charge in [0, 0.05) is 12.1 Å². The monoisotopic (exact) mass is 447 g/mol. The molecule has 5 nitrogen and oxygen atoms in total. The molecule has 0 unspecified atom stereocenters. The zero-order valence-corrected chi connectivity index (χ0v) is 18.1. The Morgan fingerprint density at radius 1 is 0.412 bits per heavy atom. The number of rotatable bonds is 6. The van der Waals surface area contributed by atoms with Gasteiger partial charge in [-0.2, -0.15) is 4.98 Å². The number of nitrogens with zero attached hydrogens (tertiary/aromatic N) is 1. The summed E-state index contributed by atoms with van der Waals surface area (Å²) >= 11 is 0. The molecule has 166 valence electrons. The highest BCUT2D eigenvalue weighted by Gasteiger charge is 2.05. The first-order valence-corrected chi connectivity index (χ1v) is 10.7. The summed E-state index contributed by atoms with van der Waals surface area (Å²) in [7, 11) is 0. The van der Waals surface area contributed by atoms with Crippen LogP contribution in [-0.4, -0.2) is 15.2 Å². The van der Waals surface area contributed by atoms with Gasteiger partial charge in [-0.25, -0.2) is 0 Å². The summed E-state index contributed by atoms with van der Waals surface area (Å²) in [6, 6.07) is 34.8. The van der Waals surface area contributed by atoms with Gasteiger partial charge in [0.1, 0.15) is 23.0 Å². The number of benzene rings is 4. The minimum absolute atomic E-state index is 0.241. The van der Waals surface area contributed by atoms with E-state index in [-0.39, 0.29) is 11.5 Å². The molecule has 5 heteroatoms. The summed E-state index contributed by atoms with van der Waals surface area (Å²) < 4.78 is 11.8. The predicted molar refractivity (Wildman–Crippen MR) is 131 cm³/mol. The Bertz CT molecular complexity index is 1270. The second-order valence-electron chi connectivity index (χ2n) is 7.66. The van der Waals surface area contributed by atoms with Crippen molar-refractivity contribution in [2.45, 2.75) is 0 Å². The van der Waals surface area contributed by atoms with E-state index >= 15 is 0 Å². The van der Waals surface area contributed by atoms with E-state index in [2.05, 4.69) is 4.98 Å². The highest BCUT2D eigenvalue weighted by molar-refractivity contribution is 5.65. The van der Waals surface area contributed by atoms with E-state index in [4.69, 9.17) is 9.47 Å². The van der Waals surface area contributed by atoms with Crippen molar-refractivity contribution >= 4 is 0 Å². The molecule has 0 fully saturated rings. The molecule has 0 aliphatic heterocycles. The van der Waals surface area contributed by atoms with Crippen LogP contribution >= 0.6 is 0 Å². The van der Waals surface area contributed by atoms with Crippen LogP contribution < -0.4 is 9.47 Å². The fourth-order valence-corrected chi connectivity index (χ4v) is 3.49. The molecule has 5 aromatic rings. The molecule has 5 rings (SSSR count). The summed E-state index contributed by atoms with van der Waals surface area (Å²) in [6.07, 6.45) is 0. The highest BCUT2D eigenvalue weighted by atomic mass is 16.5. The normalized spacial score (nSPS) is 10.6. The third-order valence-corrected chi connectivity index (χ3v) is 5.25. The van der Waals surface area contributed by atoms with Crippen molar-refractivity contribution < 1.29 is 19.7 Å². The Morgan fingerprint density at radius 2 is 0.735 bits per heavy atom. The Morgan fingerprint density at radius 3 is 1.09 bits per heavy atom. The van der Waals surface area contributed by atoms with Crippen molar-refractivity contribution in [3.05, 3.63) is 115 Å². The molecule has 0 spiro atoms. The van der Waals surface area contributed by atoms with Crippen LogP contribution in [-0.2, 0) is 0 Å². The Kier molecular flexibility index (Phi) is 5.82. The predicted octanol–water partition coefficient (Wildman–Crippen LogP) is 7.41. The molecule has 0 saturated carbocycles. The van der Waals surface area contributed by atoms with Gasteiger partial charge in [-0.05, 0) is 70.8 Å². The molecule has 0 aliphatic rings. The number of phenols is 2. The van der Waals surface area contributed by atoms with E-state index in [1.54, 1.807) is 36.4 Å². The highest BCUT2D eigenvalue weighted by Crippen LogP contribution is 2.29. The zero-order chi connectivity index (χ0) is 23.3. The number of hydrogen-bond acceptors (Lipinski definition) is 5. The summed E-state index contributed by atoms with van der Waals surface area (Å²) in [6.45, 7) is 0. The lowest BCUT2D eigenvalue weighted by Gasteiger charge is -2.09. The topological polar surface area (TPSA) is 71.8 Å². The first-order valence-electron chi connectivity index (χ1n) is 10.7. The van der Waals surface area contributed by atoms with Gasteiger partial charge in [-0.15, -0.1) is 0 Å². The summed E-state index contributed by atoms with van der Waals surface area (Å²) in [5.74, 6) is 2.65. The van der Waals surface area contributed by atoms with Crippen LogP contribution in [0.15, 0.2) is 115 Å². The Hall–Kier alpha value is -4.77. The second kappa shape index (κ2) is 9.38. The minimum atomic E-state index is 0.241. The van der Waals surface area contributed by atoms with E-state index in [0.29, 0.717) is 23.3 Å². The first-order chi connectivity index (χ1) is 16.6. The van der Waals surface area contributed by atoms with Crippen LogP contribution in [0.25, 0.3) is 22.3 Å². The van der Waals surface area contributed by atoms with E-state index in [1.807, 2.05) is 78.9 Å². The van der Waals surface area contributed by atoms with Crippen LogP contribution in [0.4, 0.5) is 0 Å². The SMILES string of the molecule is Oc1ccc(-c2ccc(Oc3cccc(Oc4ccc(-c5ccc(O)cc5)cc4)n3)cc2)cc1. The van der Waals surface area contributed by atoms with Gasteiger partial charge in [0.25, 0.3) is 0 Å². The lowest BCUT2D eigenvalue weighted by Crippen LogP contribution is -1.92. The molecule has 0 aliphatic carbocycles. The number of phenolic OH excluding ortho intramolecular Hbond substituents is 2. The summed E-state index contributed by atoms with van der Waals surface area (Å²) in [4.78, 5) is 4.44. The van der Waals surface area contributed by atoms with Crippen molar-refractivity contribution in [1.29, 1.82) is 0 Å². The first kappa shape index (κ1) is 21.1. The van der Waals surface area contributed by atoms with E-state index < -0.39 is 0 Å². The fraction of sp³-hybridized carbons (Fsp3) is 0. The van der Waals surface area contributed by atoms with Gasteiger partial charge in [0.05, 0.1) is 0 Å². The number of aromatic hydroxyl groups is 2. The van der Waals surface area contributed by atoms with Gasteiger partial charge in [-0.1, -0.05) is 54.6 Å². The van der Waals surface area contributed by atoms with Gasteiger partial charge in [-0.3, -0.25) is 0 Å². The smallest absolute Gasteiger partial charge is 0.222 e. The van der Waals surface area contributed by atoms with E-state index in [0.717, 1.165) is 22.3 Å². The average Bonchev–Trinajstić information content (AvgIpc) is 2.86. The standard InChI is InChI=1S/C29H21NO4/c31-24-12-4-20(5-13-24)22-8-16-26(17-9-22)33-28-2-1-3-29(30-28)34-27-18-10-23(11-19-27)21-6-14-25(32)15-7-21/h1-19,31-32H. The molecule has 0 saturated heterocycles. The number of hydrogen-bond donors (Lipinski definition) is 2. The Labute approximate surface area is 197 Å². The molecule has 1 heterocycles. The molecule has 34 heavy (non-hydrogen) atoms. The molecule has 4 aromatic carbocycles. The van der Waals surface area contributed by atoms with Crippen molar-refractivity contribution in [2.24, 2.45) is 0 Å². The van der Waals surface area contributed by atoms with Crippen molar-refractivity contribution in [1.82, 2.24) is 4.98 Å². The molecule has 2 N–H and O–H groups in total. The number of pyridine rings is 1. The molecule has 0 atom stereocenters. The van der Waals surface area contributed by atoms with Crippen LogP contribution in [0.5, 0.6) is 34.8 Å². The lowest BCUT2D eigenvalue weighted by molar-refractivity contribution is 0.426. The quantitative estimate of drug-likeness (QED) is 0.283. The van der Waals surface area contributed by atoms with Gasteiger partial charge < -0.3 is 19.7 Å². The van der Waals surface area contributed by atoms with Crippen molar-refractivity contribution in [3.63, 3.8) is 0 Å². The van der Waals surface area contributed by atoms with Gasteiger partial charge >= 0.3 is 0 Å². The maximum absolute atomic E-state index is 9.45. The third kappa shape index (κ3) is 5.00. The molecule has 1 aromatic heterocycles. The fourth-order valence-electron chi connectivity index (χ4n) is 3.49.